The van der Waals surface area contributed by atoms with Crippen LogP contribution in [0.25, 0.3) is 0 Å². The van der Waals surface area contributed by atoms with Crippen molar-refractivity contribution in [2.24, 2.45) is 0 Å². The zero-order valence-electron chi connectivity index (χ0n) is 15.7. The fourth-order valence-electron chi connectivity index (χ4n) is 2.71. The van der Waals surface area contributed by atoms with Crippen LogP contribution in [0.5, 0.6) is 0 Å². The van der Waals surface area contributed by atoms with Crippen LogP contribution >= 0.6 is 11.8 Å². The van der Waals surface area contributed by atoms with E-state index in [0.29, 0.717) is 6.07 Å². The number of thioether (sulfide) groups is 1. The van der Waals surface area contributed by atoms with Crippen LogP contribution in [0.2, 0.25) is 0 Å². The third-order valence-electron chi connectivity index (χ3n) is 4.44. The maximum atomic E-state index is 13.2. The first kappa shape index (κ1) is 21.7. The van der Waals surface area contributed by atoms with E-state index in [1.54, 1.807) is 0 Å². The van der Waals surface area contributed by atoms with E-state index in [0.717, 1.165) is 39.3 Å². The van der Waals surface area contributed by atoms with Crippen molar-refractivity contribution in [3.8, 4) is 0 Å². The Bertz CT molecular complexity index is 917. The summed E-state index contributed by atoms with van der Waals surface area (Å²) < 4.78 is 39.6. The predicted octanol–water partition coefficient (Wildman–Crippen LogP) is 5.58. The monoisotopic (exact) mass is 412 g/mol. The van der Waals surface area contributed by atoms with E-state index in [4.69, 9.17) is 0 Å². The molecule has 9 heteroatoms. The van der Waals surface area contributed by atoms with Gasteiger partial charge in [0.1, 0.15) is 0 Å². The smallest absolute Gasteiger partial charge is 0.325 e. The standard InChI is InChI=1S/C19H19F3N2O3S/c1-10-7-11(2)13(4)18(12(10)3)28-9-17(25)23-16-6-5-14(24(26)27)8-15(16)19(20,21)22/h5-8H,9H2,1-4H3,(H,23,25). The Morgan fingerprint density at radius 2 is 1.68 bits per heavy atom. The van der Waals surface area contributed by atoms with Gasteiger partial charge in [-0.3, -0.25) is 14.9 Å². The second-order valence-corrected chi connectivity index (χ2v) is 7.40. The summed E-state index contributed by atoms with van der Waals surface area (Å²) in [6.07, 6.45) is -4.83. The molecule has 0 fully saturated rings. The number of nitrogens with one attached hydrogen (secondary N) is 1. The SMILES string of the molecule is Cc1cc(C)c(C)c(SCC(=O)Nc2ccc([N+](=O)[O-])cc2C(F)(F)F)c1C. The van der Waals surface area contributed by atoms with Gasteiger partial charge in [-0.05, 0) is 56.0 Å². The number of hydrogen-bond acceptors (Lipinski definition) is 4. The van der Waals surface area contributed by atoms with Crippen LogP contribution in [0.15, 0.2) is 29.2 Å². The van der Waals surface area contributed by atoms with E-state index < -0.39 is 33.9 Å². The van der Waals surface area contributed by atoms with Crippen molar-refractivity contribution in [3.63, 3.8) is 0 Å². The van der Waals surface area contributed by atoms with Crippen molar-refractivity contribution < 1.29 is 22.9 Å². The number of nitro groups is 1. The lowest BCUT2D eigenvalue weighted by atomic mass is 10.0. The summed E-state index contributed by atoms with van der Waals surface area (Å²) in [4.78, 5) is 23.0. The van der Waals surface area contributed by atoms with Crippen LogP contribution in [0.4, 0.5) is 24.5 Å². The quantitative estimate of drug-likeness (QED) is 0.395. The van der Waals surface area contributed by atoms with Crippen molar-refractivity contribution in [3.05, 3.63) is 62.2 Å². The number of hydrogen-bond donors (Lipinski definition) is 1. The Kier molecular flexibility index (Phi) is 6.38. The van der Waals surface area contributed by atoms with E-state index in [2.05, 4.69) is 5.32 Å². The Morgan fingerprint density at radius 1 is 1.11 bits per heavy atom. The normalized spacial score (nSPS) is 11.4. The molecule has 0 bridgehead atoms. The number of benzene rings is 2. The molecule has 5 nitrogen and oxygen atoms in total. The number of carbonyl (C=O) groups is 1. The number of amides is 1. The van der Waals surface area contributed by atoms with Crippen molar-refractivity contribution in [1.82, 2.24) is 0 Å². The first-order valence-corrected chi connectivity index (χ1v) is 9.26. The fourth-order valence-corrected chi connectivity index (χ4v) is 3.81. The molecule has 0 saturated heterocycles. The summed E-state index contributed by atoms with van der Waals surface area (Å²) >= 11 is 1.25. The summed E-state index contributed by atoms with van der Waals surface area (Å²) in [7, 11) is 0. The van der Waals surface area contributed by atoms with Crippen molar-refractivity contribution in [2.75, 3.05) is 11.1 Å². The van der Waals surface area contributed by atoms with Crippen LogP contribution in [-0.2, 0) is 11.0 Å². The number of non-ortho nitro benzene ring substituents is 1. The van der Waals surface area contributed by atoms with Gasteiger partial charge >= 0.3 is 6.18 Å². The number of carbonyl (C=O) groups excluding carboxylic acids is 1. The molecular weight excluding hydrogens is 393 g/mol. The average molecular weight is 412 g/mol. The minimum absolute atomic E-state index is 0.0845. The van der Waals surface area contributed by atoms with E-state index >= 15 is 0 Å². The van der Waals surface area contributed by atoms with Crippen molar-refractivity contribution in [1.29, 1.82) is 0 Å². The summed E-state index contributed by atoms with van der Waals surface area (Å²) in [5, 5.41) is 13.0. The van der Waals surface area contributed by atoms with Gasteiger partial charge in [0.05, 0.1) is 21.9 Å². The van der Waals surface area contributed by atoms with Crippen LogP contribution in [0.1, 0.15) is 27.8 Å². The van der Waals surface area contributed by atoms with Gasteiger partial charge in [0.15, 0.2) is 0 Å². The van der Waals surface area contributed by atoms with Gasteiger partial charge in [-0.2, -0.15) is 13.2 Å². The molecule has 1 N–H and O–H groups in total. The van der Waals surface area contributed by atoms with Gasteiger partial charge in [0.2, 0.25) is 5.91 Å². The highest BCUT2D eigenvalue weighted by Crippen LogP contribution is 2.37. The molecule has 0 radical (unpaired) electrons. The number of nitrogens with zero attached hydrogens (tertiary/aromatic N) is 1. The molecule has 2 rings (SSSR count). The third kappa shape index (κ3) is 4.83. The molecule has 0 spiro atoms. The lowest BCUT2D eigenvalue weighted by molar-refractivity contribution is -0.385. The van der Waals surface area contributed by atoms with E-state index in [1.165, 1.54) is 11.8 Å². The van der Waals surface area contributed by atoms with Crippen molar-refractivity contribution in [2.45, 2.75) is 38.8 Å². The molecule has 0 saturated carbocycles. The molecule has 0 aromatic heterocycles. The molecule has 0 unspecified atom stereocenters. The number of nitro benzene ring substituents is 1. The van der Waals surface area contributed by atoms with E-state index in [1.807, 2.05) is 33.8 Å². The molecule has 28 heavy (non-hydrogen) atoms. The lowest BCUT2D eigenvalue weighted by Gasteiger charge is -2.16. The molecule has 0 aliphatic rings. The topological polar surface area (TPSA) is 72.2 Å². The highest BCUT2D eigenvalue weighted by atomic mass is 32.2. The molecule has 0 heterocycles. The Labute approximate surface area is 164 Å². The van der Waals surface area contributed by atoms with Crippen molar-refractivity contribution >= 4 is 29.0 Å². The molecule has 0 aliphatic heterocycles. The molecule has 0 atom stereocenters. The molecule has 150 valence electrons. The summed E-state index contributed by atoms with van der Waals surface area (Å²) in [6, 6.07) is 4.29. The fraction of sp³-hybridized carbons (Fsp3) is 0.316. The van der Waals surface area contributed by atoms with E-state index in [-0.39, 0.29) is 5.75 Å². The van der Waals surface area contributed by atoms with Crippen LogP contribution < -0.4 is 5.32 Å². The molecule has 2 aromatic carbocycles. The highest BCUT2D eigenvalue weighted by molar-refractivity contribution is 8.00. The third-order valence-corrected chi connectivity index (χ3v) is 5.75. The molecule has 2 aromatic rings. The van der Waals surface area contributed by atoms with Gasteiger partial charge in [-0.1, -0.05) is 6.07 Å². The van der Waals surface area contributed by atoms with Crippen LogP contribution in [0.3, 0.4) is 0 Å². The van der Waals surface area contributed by atoms with Crippen LogP contribution in [0, 0.1) is 37.8 Å². The Morgan fingerprint density at radius 3 is 2.18 bits per heavy atom. The number of anilines is 1. The summed E-state index contributed by atoms with van der Waals surface area (Å²) in [5.74, 6) is -0.707. The van der Waals surface area contributed by atoms with Crippen LogP contribution in [-0.4, -0.2) is 16.6 Å². The molecule has 1 amide bonds. The first-order valence-electron chi connectivity index (χ1n) is 8.27. The Balaban J connectivity index is 2.22. The average Bonchev–Trinajstić information content (AvgIpc) is 2.59. The van der Waals surface area contributed by atoms with Gasteiger partial charge in [0.25, 0.3) is 5.69 Å². The molecule has 0 aliphatic carbocycles. The second-order valence-electron chi connectivity index (χ2n) is 6.41. The van der Waals surface area contributed by atoms with E-state index in [9.17, 15) is 28.1 Å². The zero-order valence-corrected chi connectivity index (χ0v) is 16.5. The number of halogens is 3. The lowest BCUT2D eigenvalue weighted by Crippen LogP contribution is -2.18. The minimum Gasteiger partial charge on any atom is -0.325 e. The number of rotatable bonds is 5. The number of aryl methyl sites for hydroxylation is 2. The highest BCUT2D eigenvalue weighted by Gasteiger charge is 2.35. The minimum atomic E-state index is -4.83. The first-order chi connectivity index (χ1) is 12.9. The summed E-state index contributed by atoms with van der Waals surface area (Å²) in [5.41, 5.74) is 1.73. The molecular formula is C19H19F3N2O3S. The van der Waals surface area contributed by atoms with Gasteiger partial charge in [0, 0.05) is 17.0 Å². The van der Waals surface area contributed by atoms with Gasteiger partial charge in [-0.15, -0.1) is 11.8 Å². The number of alkyl halides is 3. The summed E-state index contributed by atoms with van der Waals surface area (Å²) in [6.45, 7) is 7.77. The Hall–Kier alpha value is -2.55. The maximum Gasteiger partial charge on any atom is 0.418 e. The van der Waals surface area contributed by atoms with Gasteiger partial charge < -0.3 is 5.32 Å². The maximum absolute atomic E-state index is 13.2. The largest absolute Gasteiger partial charge is 0.418 e. The zero-order chi connectivity index (χ0) is 21.2. The van der Waals surface area contributed by atoms with Gasteiger partial charge in [-0.25, -0.2) is 0 Å². The predicted molar refractivity (Wildman–Crippen MR) is 103 cm³/mol. The second kappa shape index (κ2) is 8.22.